The fraction of sp³-hybridized carbons (Fsp3) is 0.571. The number of hydrogen-bond donors (Lipinski definition) is 1. The lowest BCUT2D eigenvalue weighted by molar-refractivity contribution is -0.385. The third-order valence-electron chi connectivity index (χ3n) is 3.83. The van der Waals surface area contributed by atoms with E-state index in [4.69, 9.17) is 0 Å². The number of halogens is 1. The molecule has 2 rings (SSSR count). The molecule has 1 fully saturated rings. The van der Waals surface area contributed by atoms with Gasteiger partial charge in [-0.2, -0.15) is 11.8 Å². The summed E-state index contributed by atoms with van der Waals surface area (Å²) in [5.41, 5.74) is 0.402. The molecule has 0 aliphatic heterocycles. The number of nitrogens with zero attached hydrogens (tertiary/aromatic N) is 1. The molecule has 1 aliphatic rings. The van der Waals surface area contributed by atoms with Crippen LogP contribution in [-0.4, -0.2) is 22.5 Å². The van der Waals surface area contributed by atoms with E-state index < -0.39 is 10.7 Å². The summed E-state index contributed by atoms with van der Waals surface area (Å²) in [5, 5.41) is 15.0. The smallest absolute Gasteiger partial charge is 0.274 e. The molecular weight excluding hydrogens is 279 g/mol. The Hall–Kier alpha value is -1.14. The number of hydrogen-bond acceptors (Lipinski definition) is 4. The van der Waals surface area contributed by atoms with Crippen molar-refractivity contribution in [3.63, 3.8) is 0 Å². The second kappa shape index (κ2) is 7.04. The van der Waals surface area contributed by atoms with Gasteiger partial charge >= 0.3 is 0 Å². The van der Waals surface area contributed by atoms with Gasteiger partial charge in [0.2, 0.25) is 0 Å². The van der Waals surface area contributed by atoms with Crippen LogP contribution in [0, 0.1) is 15.9 Å². The summed E-state index contributed by atoms with van der Waals surface area (Å²) in [7, 11) is 0. The van der Waals surface area contributed by atoms with Crippen molar-refractivity contribution in [3.8, 4) is 0 Å². The molecule has 1 aromatic rings. The van der Waals surface area contributed by atoms with Crippen LogP contribution in [0.25, 0.3) is 0 Å². The first-order chi connectivity index (χ1) is 9.60. The van der Waals surface area contributed by atoms with Gasteiger partial charge in [0.15, 0.2) is 0 Å². The average Bonchev–Trinajstić information content (AvgIpc) is 2.45. The predicted molar refractivity (Wildman–Crippen MR) is 79.5 cm³/mol. The highest BCUT2D eigenvalue weighted by Crippen LogP contribution is 2.27. The molecule has 1 aliphatic carbocycles. The topological polar surface area (TPSA) is 55.2 Å². The van der Waals surface area contributed by atoms with E-state index in [1.165, 1.54) is 25.0 Å². The highest BCUT2D eigenvalue weighted by molar-refractivity contribution is 7.99. The standard InChI is InChI=1S/C14H19FN2O2S/c1-20-13-5-3-12(4-6-13)16-9-10-8-11(15)2-7-14(10)17(18)19/h2,7-8,12-13,16H,3-6,9H2,1H3. The van der Waals surface area contributed by atoms with Gasteiger partial charge in [-0.15, -0.1) is 0 Å². The van der Waals surface area contributed by atoms with E-state index in [0.717, 1.165) is 24.2 Å². The number of nitro benzene ring substituents is 1. The number of benzene rings is 1. The molecule has 4 nitrogen and oxygen atoms in total. The Morgan fingerprint density at radius 2 is 2.10 bits per heavy atom. The predicted octanol–water partition coefficient (Wildman–Crippen LogP) is 3.50. The molecule has 0 radical (unpaired) electrons. The molecule has 6 heteroatoms. The Labute approximate surface area is 122 Å². The number of nitro groups is 1. The molecule has 0 atom stereocenters. The summed E-state index contributed by atoms with van der Waals surface area (Å²) < 4.78 is 13.2. The molecule has 0 spiro atoms. The molecule has 0 unspecified atom stereocenters. The minimum absolute atomic E-state index is 0.0169. The molecule has 0 amide bonds. The van der Waals surface area contributed by atoms with Crippen molar-refractivity contribution in [3.05, 3.63) is 39.7 Å². The van der Waals surface area contributed by atoms with E-state index in [2.05, 4.69) is 11.6 Å². The summed E-state index contributed by atoms with van der Waals surface area (Å²) in [4.78, 5) is 10.5. The van der Waals surface area contributed by atoms with Gasteiger partial charge in [-0.05, 0) is 44.1 Å². The molecule has 0 bridgehead atoms. The van der Waals surface area contributed by atoms with Crippen LogP contribution >= 0.6 is 11.8 Å². The summed E-state index contributed by atoms with van der Waals surface area (Å²) in [6, 6.07) is 3.99. The summed E-state index contributed by atoms with van der Waals surface area (Å²) in [6.45, 7) is 0.350. The van der Waals surface area contributed by atoms with Crippen LogP contribution < -0.4 is 5.32 Å². The zero-order chi connectivity index (χ0) is 14.5. The van der Waals surface area contributed by atoms with Gasteiger partial charge in [0.05, 0.1) is 4.92 Å². The van der Waals surface area contributed by atoms with E-state index in [9.17, 15) is 14.5 Å². The van der Waals surface area contributed by atoms with Gasteiger partial charge < -0.3 is 5.32 Å². The first kappa shape index (κ1) is 15.3. The Morgan fingerprint density at radius 3 is 2.70 bits per heavy atom. The molecular formula is C14H19FN2O2S. The van der Waals surface area contributed by atoms with Crippen LogP contribution in [-0.2, 0) is 6.54 Å². The summed E-state index contributed by atoms with van der Waals surface area (Å²) >= 11 is 1.90. The van der Waals surface area contributed by atoms with Crippen LogP contribution in [0.4, 0.5) is 10.1 Å². The van der Waals surface area contributed by atoms with E-state index in [-0.39, 0.29) is 5.69 Å². The third kappa shape index (κ3) is 3.93. The lowest BCUT2D eigenvalue weighted by Crippen LogP contribution is -2.33. The highest BCUT2D eigenvalue weighted by Gasteiger charge is 2.21. The lowest BCUT2D eigenvalue weighted by atomic mass is 9.95. The maximum Gasteiger partial charge on any atom is 0.274 e. The highest BCUT2D eigenvalue weighted by atomic mass is 32.2. The van der Waals surface area contributed by atoms with Crippen LogP contribution in [0.15, 0.2) is 18.2 Å². The Kier molecular flexibility index (Phi) is 5.37. The van der Waals surface area contributed by atoms with E-state index in [0.29, 0.717) is 18.2 Å². The van der Waals surface area contributed by atoms with Crippen molar-refractivity contribution in [2.45, 2.75) is 43.5 Å². The maximum atomic E-state index is 13.2. The molecule has 1 N–H and O–H groups in total. The molecule has 0 aromatic heterocycles. The van der Waals surface area contributed by atoms with Gasteiger partial charge in [0.1, 0.15) is 5.82 Å². The number of nitrogens with one attached hydrogen (secondary N) is 1. The second-order valence-electron chi connectivity index (χ2n) is 5.12. The van der Waals surface area contributed by atoms with Crippen molar-refractivity contribution in [2.75, 3.05) is 6.26 Å². The van der Waals surface area contributed by atoms with Crippen molar-refractivity contribution in [1.29, 1.82) is 0 Å². The Balaban J connectivity index is 1.94. The molecule has 1 aromatic carbocycles. The molecule has 110 valence electrons. The van der Waals surface area contributed by atoms with Crippen LogP contribution in [0.2, 0.25) is 0 Å². The minimum atomic E-state index is -0.457. The van der Waals surface area contributed by atoms with E-state index >= 15 is 0 Å². The van der Waals surface area contributed by atoms with Crippen LogP contribution in [0.3, 0.4) is 0 Å². The number of thioether (sulfide) groups is 1. The average molecular weight is 298 g/mol. The number of rotatable bonds is 5. The SMILES string of the molecule is CSC1CCC(NCc2cc(F)ccc2[N+](=O)[O-])CC1. The minimum Gasteiger partial charge on any atom is -0.310 e. The van der Waals surface area contributed by atoms with Gasteiger partial charge in [-0.25, -0.2) is 4.39 Å². The molecule has 0 saturated heterocycles. The second-order valence-corrected chi connectivity index (χ2v) is 6.26. The van der Waals surface area contributed by atoms with Crippen molar-refractivity contribution in [1.82, 2.24) is 5.32 Å². The molecule has 0 heterocycles. The molecule has 1 saturated carbocycles. The third-order valence-corrected chi connectivity index (χ3v) is 4.97. The van der Waals surface area contributed by atoms with E-state index in [1.807, 2.05) is 11.8 Å². The van der Waals surface area contributed by atoms with Crippen molar-refractivity contribution < 1.29 is 9.31 Å². The first-order valence-corrected chi connectivity index (χ1v) is 8.08. The quantitative estimate of drug-likeness (QED) is 0.668. The zero-order valence-electron chi connectivity index (χ0n) is 11.5. The van der Waals surface area contributed by atoms with Gasteiger partial charge in [0.25, 0.3) is 5.69 Å². The summed E-state index contributed by atoms with van der Waals surface area (Å²) in [5.74, 6) is -0.432. The van der Waals surface area contributed by atoms with Gasteiger partial charge in [0, 0.05) is 29.5 Å². The van der Waals surface area contributed by atoms with E-state index in [1.54, 1.807) is 0 Å². The summed E-state index contributed by atoms with van der Waals surface area (Å²) in [6.07, 6.45) is 6.63. The first-order valence-electron chi connectivity index (χ1n) is 6.79. The van der Waals surface area contributed by atoms with Gasteiger partial charge in [-0.1, -0.05) is 0 Å². The Bertz CT molecular complexity index is 476. The Morgan fingerprint density at radius 1 is 1.40 bits per heavy atom. The normalized spacial score (nSPS) is 22.7. The monoisotopic (exact) mass is 298 g/mol. The van der Waals surface area contributed by atoms with Crippen molar-refractivity contribution >= 4 is 17.4 Å². The van der Waals surface area contributed by atoms with Crippen LogP contribution in [0.1, 0.15) is 31.2 Å². The fourth-order valence-electron chi connectivity index (χ4n) is 2.63. The largest absolute Gasteiger partial charge is 0.310 e. The van der Waals surface area contributed by atoms with Gasteiger partial charge in [-0.3, -0.25) is 10.1 Å². The lowest BCUT2D eigenvalue weighted by Gasteiger charge is -2.28. The van der Waals surface area contributed by atoms with Crippen molar-refractivity contribution in [2.24, 2.45) is 0 Å². The zero-order valence-corrected chi connectivity index (χ0v) is 12.3. The molecule has 20 heavy (non-hydrogen) atoms. The fourth-order valence-corrected chi connectivity index (χ4v) is 3.37. The maximum absolute atomic E-state index is 13.2. The van der Waals surface area contributed by atoms with Crippen LogP contribution in [0.5, 0.6) is 0 Å².